The van der Waals surface area contributed by atoms with Crippen LogP contribution < -0.4 is 5.32 Å². The maximum absolute atomic E-state index is 12.3. The summed E-state index contributed by atoms with van der Waals surface area (Å²) >= 11 is 1.65. The van der Waals surface area contributed by atoms with Crippen molar-refractivity contribution in [2.24, 2.45) is 0 Å². The second kappa shape index (κ2) is 6.15. The summed E-state index contributed by atoms with van der Waals surface area (Å²) in [6, 6.07) is 9.24. The van der Waals surface area contributed by atoms with Gasteiger partial charge in [0.1, 0.15) is 5.00 Å². The number of benzene rings is 1. The maximum atomic E-state index is 12.3. The molecule has 1 amide bonds. The molecule has 2 nitrogen and oxygen atoms in total. The summed E-state index contributed by atoms with van der Waals surface area (Å²) in [6.07, 6.45) is 11.5. The maximum Gasteiger partial charge on any atom is 0.256 e. The Hall–Kier alpha value is -2.05. The van der Waals surface area contributed by atoms with E-state index in [2.05, 4.69) is 11.2 Å². The van der Waals surface area contributed by atoms with Gasteiger partial charge in [0, 0.05) is 10.4 Å². The second-order valence-electron chi connectivity index (χ2n) is 5.23. The van der Waals surface area contributed by atoms with Crippen LogP contribution in [-0.4, -0.2) is 5.91 Å². The van der Waals surface area contributed by atoms with Gasteiger partial charge in [-0.2, -0.15) is 0 Å². The van der Waals surface area contributed by atoms with Crippen molar-refractivity contribution in [1.29, 1.82) is 0 Å². The Labute approximate surface area is 129 Å². The zero-order valence-electron chi connectivity index (χ0n) is 11.8. The molecule has 0 saturated carbocycles. The van der Waals surface area contributed by atoms with Gasteiger partial charge >= 0.3 is 0 Å². The van der Waals surface area contributed by atoms with E-state index in [9.17, 15) is 4.79 Å². The van der Waals surface area contributed by atoms with Crippen LogP contribution in [-0.2, 0) is 12.8 Å². The number of amides is 1. The fourth-order valence-electron chi connectivity index (χ4n) is 2.75. The molecule has 1 aliphatic carbocycles. The van der Waals surface area contributed by atoms with Crippen LogP contribution in [0.25, 0.3) is 0 Å². The normalized spacial score (nSPS) is 13.9. The Morgan fingerprint density at radius 3 is 2.67 bits per heavy atom. The molecule has 0 saturated heterocycles. The van der Waals surface area contributed by atoms with Gasteiger partial charge in [-0.25, -0.2) is 0 Å². The molecule has 0 unspecified atom stereocenters. The molecule has 0 radical (unpaired) electrons. The number of aryl methyl sites for hydroxylation is 1. The number of rotatable bonds is 2. The molecule has 0 spiro atoms. The van der Waals surface area contributed by atoms with Crippen LogP contribution in [0.15, 0.2) is 30.3 Å². The van der Waals surface area contributed by atoms with Gasteiger partial charge in [0.15, 0.2) is 0 Å². The predicted molar refractivity (Wildman–Crippen MR) is 87.9 cm³/mol. The Balaban J connectivity index is 1.89. The number of thiophene rings is 1. The summed E-state index contributed by atoms with van der Waals surface area (Å²) in [4.78, 5) is 13.6. The highest BCUT2D eigenvalue weighted by molar-refractivity contribution is 7.16. The minimum absolute atomic E-state index is 0.0940. The molecule has 0 bridgehead atoms. The van der Waals surface area contributed by atoms with E-state index in [1.807, 2.05) is 30.3 Å². The smallest absolute Gasteiger partial charge is 0.256 e. The summed E-state index contributed by atoms with van der Waals surface area (Å²) in [6.45, 7) is 0. The van der Waals surface area contributed by atoms with Gasteiger partial charge in [-0.3, -0.25) is 4.79 Å². The topological polar surface area (TPSA) is 29.1 Å². The molecule has 1 aromatic carbocycles. The fraction of sp³-hybridized carbons (Fsp3) is 0.278. The molecule has 1 N–H and O–H groups in total. The Morgan fingerprint density at radius 1 is 1.14 bits per heavy atom. The highest BCUT2D eigenvalue weighted by Gasteiger charge is 2.20. The average molecular weight is 295 g/mol. The number of carbonyl (C=O) groups is 1. The zero-order valence-corrected chi connectivity index (χ0v) is 12.6. The molecule has 1 heterocycles. The van der Waals surface area contributed by atoms with Crippen molar-refractivity contribution in [3.63, 3.8) is 0 Å². The van der Waals surface area contributed by atoms with Crippen LogP contribution in [0, 0.1) is 12.3 Å². The van der Waals surface area contributed by atoms with Gasteiger partial charge in [-0.05, 0) is 43.4 Å². The third kappa shape index (κ3) is 2.86. The van der Waals surface area contributed by atoms with E-state index in [4.69, 9.17) is 6.42 Å². The minimum Gasteiger partial charge on any atom is -0.313 e. The Bertz CT molecular complexity index is 694. The van der Waals surface area contributed by atoms with Gasteiger partial charge in [-0.1, -0.05) is 30.5 Å². The molecule has 0 atom stereocenters. The molecule has 1 aliphatic rings. The summed E-state index contributed by atoms with van der Waals surface area (Å²) in [7, 11) is 0. The zero-order chi connectivity index (χ0) is 14.7. The molecule has 106 valence electrons. The number of hydrogen-bond donors (Lipinski definition) is 1. The van der Waals surface area contributed by atoms with Gasteiger partial charge in [0.25, 0.3) is 5.91 Å². The highest BCUT2D eigenvalue weighted by atomic mass is 32.1. The largest absolute Gasteiger partial charge is 0.313 e. The fourth-order valence-corrected chi connectivity index (χ4v) is 4.00. The van der Waals surface area contributed by atoms with Crippen molar-refractivity contribution in [3.05, 3.63) is 51.9 Å². The molecular formula is C18H17NOS. The summed E-state index contributed by atoms with van der Waals surface area (Å²) in [5, 5.41) is 3.82. The molecule has 1 aromatic heterocycles. The number of terminal acetylenes is 1. The first-order chi connectivity index (χ1) is 10.3. The Kier molecular flexibility index (Phi) is 4.08. The molecule has 0 aliphatic heterocycles. The average Bonchev–Trinajstić information content (AvgIpc) is 2.68. The molecule has 3 rings (SSSR count). The van der Waals surface area contributed by atoms with Crippen LogP contribution in [0.3, 0.4) is 0 Å². The van der Waals surface area contributed by atoms with Crippen molar-refractivity contribution in [2.45, 2.75) is 32.1 Å². The van der Waals surface area contributed by atoms with E-state index in [-0.39, 0.29) is 5.91 Å². The van der Waals surface area contributed by atoms with E-state index in [1.165, 1.54) is 29.7 Å². The summed E-state index contributed by atoms with van der Waals surface area (Å²) in [5.74, 6) is 2.69. The van der Waals surface area contributed by atoms with E-state index in [0.717, 1.165) is 23.4 Å². The standard InChI is InChI=1S/C18H17NOS/c1-2-14-15-11-7-4-8-12-16(15)21-18(14)19-17(20)13-9-5-3-6-10-13/h1,3,5-6,9-10H,4,7-8,11-12H2,(H,19,20). The first-order valence-corrected chi connectivity index (χ1v) is 8.09. The van der Waals surface area contributed by atoms with E-state index >= 15 is 0 Å². The van der Waals surface area contributed by atoms with Crippen LogP contribution in [0.5, 0.6) is 0 Å². The highest BCUT2D eigenvalue weighted by Crippen LogP contribution is 2.37. The van der Waals surface area contributed by atoms with Crippen LogP contribution in [0.2, 0.25) is 0 Å². The lowest BCUT2D eigenvalue weighted by Crippen LogP contribution is -2.11. The number of carbonyl (C=O) groups excluding carboxylic acids is 1. The van der Waals surface area contributed by atoms with Crippen molar-refractivity contribution >= 4 is 22.2 Å². The third-order valence-corrected chi connectivity index (χ3v) is 5.04. The van der Waals surface area contributed by atoms with Crippen LogP contribution >= 0.6 is 11.3 Å². The molecule has 3 heteroatoms. The SMILES string of the molecule is C#Cc1c(NC(=O)c2ccccc2)sc2c1CCCCC2. The molecule has 0 fully saturated rings. The summed E-state index contributed by atoms with van der Waals surface area (Å²) < 4.78 is 0. The quantitative estimate of drug-likeness (QED) is 0.651. The number of fused-ring (bicyclic) bond motifs is 1. The van der Waals surface area contributed by atoms with Gasteiger partial charge in [0.05, 0.1) is 5.56 Å². The third-order valence-electron chi connectivity index (χ3n) is 3.83. The van der Waals surface area contributed by atoms with Crippen LogP contribution in [0.1, 0.15) is 45.6 Å². The van der Waals surface area contributed by atoms with Gasteiger partial charge < -0.3 is 5.32 Å². The predicted octanol–water partition coefficient (Wildman–Crippen LogP) is 4.25. The molecule has 21 heavy (non-hydrogen) atoms. The first-order valence-electron chi connectivity index (χ1n) is 7.27. The van der Waals surface area contributed by atoms with Crippen LogP contribution in [0.4, 0.5) is 5.00 Å². The first kappa shape index (κ1) is 13.9. The number of nitrogens with one attached hydrogen (secondary N) is 1. The number of hydrogen-bond acceptors (Lipinski definition) is 2. The van der Waals surface area contributed by atoms with Gasteiger partial charge in [0.2, 0.25) is 0 Å². The number of anilines is 1. The van der Waals surface area contributed by atoms with Crippen molar-refractivity contribution in [1.82, 2.24) is 0 Å². The summed E-state index contributed by atoms with van der Waals surface area (Å²) in [5.41, 5.74) is 2.83. The van der Waals surface area contributed by atoms with Crippen molar-refractivity contribution < 1.29 is 4.79 Å². The van der Waals surface area contributed by atoms with E-state index in [0.29, 0.717) is 5.56 Å². The lowest BCUT2D eigenvalue weighted by Gasteiger charge is -2.04. The van der Waals surface area contributed by atoms with Gasteiger partial charge in [-0.15, -0.1) is 17.8 Å². The molecule has 2 aromatic rings. The lowest BCUT2D eigenvalue weighted by molar-refractivity contribution is 0.102. The lowest BCUT2D eigenvalue weighted by atomic mass is 10.1. The van der Waals surface area contributed by atoms with E-state index < -0.39 is 0 Å². The monoisotopic (exact) mass is 295 g/mol. The molecular weight excluding hydrogens is 278 g/mol. The second-order valence-corrected chi connectivity index (χ2v) is 6.34. The minimum atomic E-state index is -0.0940. The van der Waals surface area contributed by atoms with E-state index in [1.54, 1.807) is 11.3 Å². The van der Waals surface area contributed by atoms with Crippen molar-refractivity contribution in [3.8, 4) is 12.3 Å². The Morgan fingerprint density at radius 2 is 1.90 bits per heavy atom. The van der Waals surface area contributed by atoms with Crippen molar-refractivity contribution in [2.75, 3.05) is 5.32 Å².